The van der Waals surface area contributed by atoms with E-state index in [-0.39, 0.29) is 11.8 Å². The van der Waals surface area contributed by atoms with Crippen LogP contribution in [0.1, 0.15) is 33.1 Å². The van der Waals surface area contributed by atoms with Crippen LogP contribution in [-0.4, -0.2) is 27.6 Å². The molecule has 0 fully saturated rings. The maximum Gasteiger partial charge on any atom is 0.251 e. The summed E-state index contributed by atoms with van der Waals surface area (Å²) in [5, 5.41) is 11.0. The molecule has 2 N–H and O–H groups in total. The molecular formula is C21H18Cl2N4O2. The minimum Gasteiger partial charge on any atom is -0.339 e. The van der Waals surface area contributed by atoms with Gasteiger partial charge in [0.15, 0.2) is 0 Å². The molecule has 2 aromatic carbocycles. The van der Waals surface area contributed by atoms with Crippen molar-refractivity contribution < 1.29 is 9.59 Å². The summed E-state index contributed by atoms with van der Waals surface area (Å²) in [5.41, 5.74) is 2.84. The highest BCUT2D eigenvalue weighted by Gasteiger charge is 2.41. The first-order valence-corrected chi connectivity index (χ1v) is 9.77. The van der Waals surface area contributed by atoms with E-state index in [1.165, 1.54) is 0 Å². The predicted octanol–water partition coefficient (Wildman–Crippen LogP) is 3.92. The van der Waals surface area contributed by atoms with Crippen molar-refractivity contribution in [3.05, 3.63) is 81.0 Å². The van der Waals surface area contributed by atoms with Gasteiger partial charge in [-0.05, 0) is 36.8 Å². The molecule has 3 aromatic rings. The number of aromatic nitrogens is 2. The van der Waals surface area contributed by atoms with Crippen molar-refractivity contribution in [3.63, 3.8) is 0 Å². The van der Waals surface area contributed by atoms with E-state index >= 15 is 0 Å². The van der Waals surface area contributed by atoms with Crippen LogP contribution >= 0.6 is 23.2 Å². The lowest BCUT2D eigenvalue weighted by atomic mass is 9.82. The summed E-state index contributed by atoms with van der Waals surface area (Å²) in [4.78, 5) is 25.8. The molecule has 2 amide bonds. The van der Waals surface area contributed by atoms with Crippen LogP contribution in [0.25, 0.3) is 0 Å². The number of hydrogen-bond donors (Lipinski definition) is 2. The molecule has 148 valence electrons. The van der Waals surface area contributed by atoms with Crippen LogP contribution in [0.3, 0.4) is 0 Å². The second-order valence-corrected chi connectivity index (χ2v) is 7.74. The first kappa shape index (κ1) is 19.5. The summed E-state index contributed by atoms with van der Waals surface area (Å²) in [7, 11) is 1.76. The molecule has 0 spiro atoms. The van der Waals surface area contributed by atoms with E-state index in [4.69, 9.17) is 23.2 Å². The summed E-state index contributed by atoms with van der Waals surface area (Å²) in [5.74, 6) is -0.509. The molecule has 1 aromatic heterocycles. The van der Waals surface area contributed by atoms with E-state index in [1.54, 1.807) is 48.1 Å². The molecule has 6 nitrogen and oxygen atoms in total. The van der Waals surface area contributed by atoms with Crippen molar-refractivity contribution in [3.8, 4) is 0 Å². The minimum atomic E-state index is -0.838. The van der Waals surface area contributed by atoms with Gasteiger partial charge in [-0.1, -0.05) is 47.5 Å². The monoisotopic (exact) mass is 428 g/mol. The van der Waals surface area contributed by atoms with E-state index < -0.39 is 12.0 Å². The fourth-order valence-electron chi connectivity index (χ4n) is 3.74. The number of amides is 2. The Morgan fingerprint density at radius 1 is 1.14 bits per heavy atom. The topological polar surface area (TPSA) is 76.0 Å². The van der Waals surface area contributed by atoms with E-state index in [9.17, 15) is 9.59 Å². The van der Waals surface area contributed by atoms with E-state index in [0.717, 1.165) is 16.8 Å². The number of hydrogen-bond acceptors (Lipinski definition) is 3. The Kier molecular flexibility index (Phi) is 5.06. The third kappa shape index (κ3) is 3.50. The average molecular weight is 429 g/mol. The zero-order valence-corrected chi connectivity index (χ0v) is 17.3. The molecular weight excluding hydrogens is 411 g/mol. The maximum atomic E-state index is 13.0. The average Bonchev–Trinajstić information content (AvgIpc) is 2.98. The summed E-state index contributed by atoms with van der Waals surface area (Å²) in [6.07, 6.45) is 0. The molecule has 29 heavy (non-hydrogen) atoms. The number of carbonyl (C=O) groups excluding carboxylic acids is 2. The van der Waals surface area contributed by atoms with Gasteiger partial charge in [0.05, 0.1) is 15.7 Å². The van der Waals surface area contributed by atoms with Crippen LogP contribution < -0.4 is 10.6 Å². The molecule has 2 heterocycles. The summed E-state index contributed by atoms with van der Waals surface area (Å²) >= 11 is 12.3. The summed E-state index contributed by atoms with van der Waals surface area (Å²) in [6.45, 7) is 1.87. The van der Waals surface area contributed by atoms with Gasteiger partial charge in [0.1, 0.15) is 11.9 Å². The molecule has 0 aliphatic carbocycles. The molecule has 0 radical (unpaired) electrons. The van der Waals surface area contributed by atoms with Gasteiger partial charge in [-0.2, -0.15) is 5.10 Å². The minimum absolute atomic E-state index is 0.319. The number of nitrogens with zero attached hydrogens (tertiary/aromatic N) is 2. The Bertz CT molecular complexity index is 1110. The van der Waals surface area contributed by atoms with E-state index in [2.05, 4.69) is 15.7 Å². The fourth-order valence-corrected chi connectivity index (χ4v) is 4.04. The maximum absolute atomic E-state index is 13.0. The van der Waals surface area contributed by atoms with Crippen LogP contribution in [0.4, 0.5) is 5.82 Å². The number of fused-ring (bicyclic) bond motifs is 1. The van der Waals surface area contributed by atoms with Gasteiger partial charge >= 0.3 is 0 Å². The molecule has 4 rings (SSSR count). The van der Waals surface area contributed by atoms with Crippen molar-refractivity contribution in [2.24, 2.45) is 7.05 Å². The summed E-state index contributed by atoms with van der Waals surface area (Å²) < 4.78 is 1.63. The quantitative estimate of drug-likeness (QED) is 0.663. The molecule has 1 aliphatic rings. The number of benzene rings is 2. The van der Waals surface area contributed by atoms with Gasteiger partial charge in [-0.25, -0.2) is 0 Å². The number of rotatable bonds is 3. The highest BCUT2D eigenvalue weighted by Crippen LogP contribution is 2.40. The Morgan fingerprint density at radius 2 is 1.86 bits per heavy atom. The first-order valence-electron chi connectivity index (χ1n) is 9.02. The third-order valence-electron chi connectivity index (χ3n) is 5.06. The standard InChI is InChI=1S/C21H18Cl2N4O2/c1-11-16-17(13-8-9-14(22)15(23)10-13)18(21(29)25-19(16)27(2)26-11)24-20(28)12-6-4-3-5-7-12/h3-10,17-18H,1-2H3,(H,24,28)(H,25,29)/t17-,18+/m1/s1. The van der Waals surface area contributed by atoms with Crippen LogP contribution in [0.15, 0.2) is 48.5 Å². The normalized spacial score (nSPS) is 18.1. The van der Waals surface area contributed by atoms with Crippen LogP contribution in [-0.2, 0) is 11.8 Å². The van der Waals surface area contributed by atoms with E-state index in [0.29, 0.717) is 21.4 Å². The zero-order valence-electron chi connectivity index (χ0n) is 15.7. The fraction of sp³-hybridized carbons (Fsp3) is 0.190. The predicted molar refractivity (Wildman–Crippen MR) is 113 cm³/mol. The third-order valence-corrected chi connectivity index (χ3v) is 5.80. The van der Waals surface area contributed by atoms with Gasteiger partial charge in [0.25, 0.3) is 5.91 Å². The van der Waals surface area contributed by atoms with Crippen molar-refractivity contribution in [2.45, 2.75) is 18.9 Å². The number of halogens is 2. The number of aryl methyl sites for hydroxylation is 2. The second-order valence-electron chi connectivity index (χ2n) is 6.93. The number of anilines is 1. The lowest BCUT2D eigenvalue weighted by Crippen LogP contribution is -2.50. The Morgan fingerprint density at radius 3 is 2.55 bits per heavy atom. The van der Waals surface area contributed by atoms with Crippen LogP contribution in [0, 0.1) is 6.92 Å². The Balaban J connectivity index is 1.81. The van der Waals surface area contributed by atoms with Crippen molar-refractivity contribution in [2.75, 3.05) is 5.32 Å². The van der Waals surface area contributed by atoms with Crippen LogP contribution in [0.2, 0.25) is 10.0 Å². The lowest BCUT2D eigenvalue weighted by molar-refractivity contribution is -0.118. The number of nitrogens with one attached hydrogen (secondary N) is 2. The zero-order chi connectivity index (χ0) is 20.7. The van der Waals surface area contributed by atoms with Gasteiger partial charge in [-0.3, -0.25) is 14.3 Å². The molecule has 1 aliphatic heterocycles. The van der Waals surface area contributed by atoms with E-state index in [1.807, 2.05) is 19.1 Å². The molecule has 0 saturated heterocycles. The van der Waals surface area contributed by atoms with Crippen molar-refractivity contribution in [1.29, 1.82) is 0 Å². The van der Waals surface area contributed by atoms with Gasteiger partial charge < -0.3 is 10.6 Å². The molecule has 2 atom stereocenters. The Labute approximate surface area is 177 Å². The molecule has 8 heteroatoms. The SMILES string of the molecule is Cc1nn(C)c2c1[C@@H](c1ccc(Cl)c(Cl)c1)[C@H](NC(=O)c1ccccc1)C(=O)N2. The first-order chi connectivity index (χ1) is 13.9. The van der Waals surface area contributed by atoms with Crippen LogP contribution in [0.5, 0.6) is 0 Å². The van der Waals surface area contributed by atoms with Gasteiger partial charge in [-0.15, -0.1) is 0 Å². The molecule has 0 bridgehead atoms. The van der Waals surface area contributed by atoms with Gasteiger partial charge in [0, 0.05) is 24.1 Å². The summed E-state index contributed by atoms with van der Waals surface area (Å²) in [6, 6.07) is 13.2. The number of carbonyl (C=O) groups is 2. The smallest absolute Gasteiger partial charge is 0.251 e. The molecule has 0 unspecified atom stereocenters. The highest BCUT2D eigenvalue weighted by atomic mass is 35.5. The largest absolute Gasteiger partial charge is 0.339 e. The molecule has 0 saturated carbocycles. The van der Waals surface area contributed by atoms with Crippen molar-refractivity contribution in [1.82, 2.24) is 15.1 Å². The highest BCUT2D eigenvalue weighted by molar-refractivity contribution is 6.42. The Hall–Kier alpha value is -2.83. The van der Waals surface area contributed by atoms with Crippen molar-refractivity contribution >= 4 is 40.8 Å². The van der Waals surface area contributed by atoms with Gasteiger partial charge in [0.2, 0.25) is 5.91 Å². The second kappa shape index (κ2) is 7.54. The lowest BCUT2D eigenvalue weighted by Gasteiger charge is -2.32.